The van der Waals surface area contributed by atoms with Gasteiger partial charge in [0.15, 0.2) is 5.41 Å². The fraction of sp³-hybridized carbons (Fsp3) is 0.333. The van der Waals surface area contributed by atoms with Crippen LogP contribution < -0.4 is 5.32 Å². The van der Waals surface area contributed by atoms with Crippen molar-refractivity contribution in [2.45, 2.75) is 25.8 Å². The molecule has 0 aliphatic carbocycles. The van der Waals surface area contributed by atoms with Gasteiger partial charge in [0.05, 0.1) is 11.0 Å². The van der Waals surface area contributed by atoms with Crippen LogP contribution in [0, 0.1) is 15.5 Å². The van der Waals surface area contributed by atoms with Gasteiger partial charge in [0.2, 0.25) is 0 Å². The summed E-state index contributed by atoms with van der Waals surface area (Å²) in [6.07, 6.45) is 1.49. The van der Waals surface area contributed by atoms with Crippen molar-refractivity contribution < 1.29 is 24.7 Å². The molecule has 1 aromatic rings. The second-order valence-corrected chi connectivity index (χ2v) is 5.52. The van der Waals surface area contributed by atoms with Crippen molar-refractivity contribution in [2.24, 2.45) is 5.41 Å². The topological polar surface area (TPSA) is 130 Å². The molecule has 0 fully saturated rings. The monoisotopic (exact) mass is 320 g/mol. The van der Waals surface area contributed by atoms with E-state index in [2.05, 4.69) is 5.32 Å². The number of aliphatic carboxylic acids is 2. The Balaban J connectivity index is 2.70. The number of carbonyl (C=O) groups is 2. The van der Waals surface area contributed by atoms with Crippen LogP contribution in [0.5, 0.6) is 0 Å². The number of nitrogens with one attached hydrogen (secondary N) is 1. The summed E-state index contributed by atoms with van der Waals surface area (Å²) in [7, 11) is 0. The summed E-state index contributed by atoms with van der Waals surface area (Å²) in [5.74, 6) is -4.02. The van der Waals surface area contributed by atoms with Crippen LogP contribution in [0.15, 0.2) is 36.0 Å². The average Bonchev–Trinajstić information content (AvgIpc) is 2.45. The minimum atomic E-state index is -2.16. The predicted octanol–water partition coefficient (Wildman–Crippen LogP) is 1.73. The van der Waals surface area contributed by atoms with Crippen LogP contribution in [-0.2, 0) is 9.59 Å². The molecule has 0 saturated carbocycles. The summed E-state index contributed by atoms with van der Waals surface area (Å²) in [5.41, 5.74) is -1.48. The van der Waals surface area contributed by atoms with E-state index < -0.39 is 34.2 Å². The first kappa shape index (κ1) is 16.5. The van der Waals surface area contributed by atoms with Gasteiger partial charge in [-0.2, -0.15) is 0 Å². The summed E-state index contributed by atoms with van der Waals surface area (Å²) in [5, 5.41) is 33.1. The molecule has 0 aromatic heterocycles. The molecule has 0 saturated heterocycles. The third-order valence-corrected chi connectivity index (χ3v) is 4.18. The molecule has 0 bridgehead atoms. The van der Waals surface area contributed by atoms with Gasteiger partial charge in [-0.3, -0.25) is 19.7 Å². The van der Waals surface area contributed by atoms with Crippen LogP contribution in [0.25, 0.3) is 0 Å². The lowest BCUT2D eigenvalue weighted by Gasteiger charge is -2.41. The molecular weight excluding hydrogens is 304 g/mol. The lowest BCUT2D eigenvalue weighted by molar-refractivity contribution is -0.384. The Labute approximate surface area is 131 Å². The number of nitro groups is 1. The maximum absolute atomic E-state index is 11.9. The number of hydrogen-bond acceptors (Lipinski definition) is 5. The highest BCUT2D eigenvalue weighted by Gasteiger charge is 2.58. The van der Waals surface area contributed by atoms with E-state index in [9.17, 15) is 29.9 Å². The number of hydrogen-bond donors (Lipinski definition) is 3. The molecule has 8 heteroatoms. The quantitative estimate of drug-likeness (QED) is 0.437. The van der Waals surface area contributed by atoms with Gasteiger partial charge in [0.25, 0.3) is 5.69 Å². The smallest absolute Gasteiger partial charge is 0.324 e. The van der Waals surface area contributed by atoms with E-state index in [1.165, 1.54) is 37.3 Å². The van der Waals surface area contributed by atoms with Crippen LogP contribution in [0.4, 0.5) is 5.69 Å². The molecule has 122 valence electrons. The largest absolute Gasteiger partial charge is 0.480 e. The summed E-state index contributed by atoms with van der Waals surface area (Å²) < 4.78 is 0. The molecule has 1 aromatic carbocycles. The summed E-state index contributed by atoms with van der Waals surface area (Å²) >= 11 is 0. The van der Waals surface area contributed by atoms with Crippen molar-refractivity contribution in [3.63, 3.8) is 0 Å². The zero-order valence-electron chi connectivity index (χ0n) is 12.5. The first-order chi connectivity index (χ1) is 10.7. The van der Waals surface area contributed by atoms with Gasteiger partial charge in [-0.05, 0) is 19.4 Å². The Bertz CT molecular complexity index is 698. The number of non-ortho nitro benzene ring substituents is 1. The van der Waals surface area contributed by atoms with E-state index in [1.54, 1.807) is 6.92 Å². The maximum Gasteiger partial charge on any atom is 0.324 e. The Kier molecular flexibility index (Phi) is 4.09. The fourth-order valence-electron chi connectivity index (χ4n) is 3.07. The minimum Gasteiger partial charge on any atom is -0.480 e. The first-order valence-corrected chi connectivity index (χ1v) is 6.87. The minimum absolute atomic E-state index is 0.218. The number of nitrogens with zero attached hydrogens (tertiary/aromatic N) is 1. The molecule has 23 heavy (non-hydrogen) atoms. The molecule has 1 aliphatic heterocycles. The van der Waals surface area contributed by atoms with Gasteiger partial charge < -0.3 is 15.5 Å². The Morgan fingerprint density at radius 2 is 1.91 bits per heavy atom. The lowest BCUT2D eigenvalue weighted by atomic mass is 9.65. The van der Waals surface area contributed by atoms with Crippen molar-refractivity contribution in [3.8, 4) is 0 Å². The molecule has 0 spiro atoms. The maximum atomic E-state index is 11.9. The fourth-order valence-corrected chi connectivity index (χ4v) is 3.07. The number of nitro benzene ring substituents is 1. The molecule has 0 amide bonds. The number of rotatable bonds is 4. The molecule has 3 N–H and O–H groups in total. The third kappa shape index (κ3) is 2.52. The summed E-state index contributed by atoms with van der Waals surface area (Å²) in [4.78, 5) is 34.0. The second-order valence-electron chi connectivity index (χ2n) is 5.52. The van der Waals surface area contributed by atoms with Gasteiger partial charge >= 0.3 is 11.9 Å². The van der Waals surface area contributed by atoms with Crippen LogP contribution in [-0.4, -0.2) is 33.1 Å². The van der Waals surface area contributed by atoms with E-state index >= 15 is 0 Å². The Hall–Kier alpha value is -2.90. The first-order valence-electron chi connectivity index (χ1n) is 6.87. The van der Waals surface area contributed by atoms with Gasteiger partial charge in [-0.25, -0.2) is 0 Å². The highest BCUT2D eigenvalue weighted by molar-refractivity contribution is 6.01. The highest BCUT2D eigenvalue weighted by Crippen LogP contribution is 2.44. The van der Waals surface area contributed by atoms with Gasteiger partial charge in [0.1, 0.15) is 0 Å². The molecule has 2 rings (SSSR count). The van der Waals surface area contributed by atoms with E-state index in [0.29, 0.717) is 5.70 Å². The molecule has 8 nitrogen and oxygen atoms in total. The standard InChI is InChI=1S/C15H16N2O6/c1-8-6-12(10-4-3-5-11(7-10)17(22)23)15(13(18)19,14(20)21)9(2)16-8/h3-7,9,12,16H,1-2H3,(H,18,19)(H,20,21). The van der Waals surface area contributed by atoms with Crippen molar-refractivity contribution in [2.75, 3.05) is 0 Å². The highest BCUT2D eigenvalue weighted by atomic mass is 16.6. The molecule has 2 atom stereocenters. The van der Waals surface area contributed by atoms with E-state index in [-0.39, 0.29) is 11.3 Å². The van der Waals surface area contributed by atoms with Crippen molar-refractivity contribution >= 4 is 17.6 Å². The van der Waals surface area contributed by atoms with Gasteiger partial charge in [-0.15, -0.1) is 0 Å². The van der Waals surface area contributed by atoms with E-state index in [4.69, 9.17) is 0 Å². The van der Waals surface area contributed by atoms with Crippen LogP contribution in [0.3, 0.4) is 0 Å². The van der Waals surface area contributed by atoms with Crippen LogP contribution in [0.1, 0.15) is 25.3 Å². The Morgan fingerprint density at radius 3 is 2.43 bits per heavy atom. The summed E-state index contributed by atoms with van der Waals surface area (Å²) in [6.45, 7) is 3.16. The number of carboxylic acids is 2. The molecule has 0 radical (unpaired) electrons. The van der Waals surface area contributed by atoms with E-state index in [0.717, 1.165) is 0 Å². The third-order valence-electron chi connectivity index (χ3n) is 4.18. The molecule has 2 unspecified atom stereocenters. The molecule has 1 heterocycles. The summed E-state index contributed by atoms with van der Waals surface area (Å²) in [6, 6.07) is 4.51. The van der Waals surface area contributed by atoms with Gasteiger partial charge in [-0.1, -0.05) is 18.2 Å². The zero-order chi connectivity index (χ0) is 17.4. The van der Waals surface area contributed by atoms with E-state index in [1.807, 2.05) is 0 Å². The van der Waals surface area contributed by atoms with Crippen molar-refractivity contribution in [1.82, 2.24) is 5.32 Å². The lowest BCUT2D eigenvalue weighted by Crippen LogP contribution is -2.58. The van der Waals surface area contributed by atoms with Crippen molar-refractivity contribution in [3.05, 3.63) is 51.7 Å². The SMILES string of the molecule is CC1=CC(c2cccc([N+](=O)[O-])c2)C(C(=O)O)(C(=O)O)C(C)N1. The van der Waals surface area contributed by atoms with Crippen LogP contribution >= 0.6 is 0 Å². The second kappa shape index (κ2) is 5.71. The normalized spacial score (nSPS) is 22.6. The van der Waals surface area contributed by atoms with Gasteiger partial charge in [0, 0.05) is 23.7 Å². The zero-order valence-corrected chi connectivity index (χ0v) is 12.5. The predicted molar refractivity (Wildman–Crippen MR) is 79.9 cm³/mol. The Morgan fingerprint density at radius 1 is 1.30 bits per heavy atom. The molecule has 1 aliphatic rings. The van der Waals surface area contributed by atoms with Crippen molar-refractivity contribution in [1.29, 1.82) is 0 Å². The number of carboxylic acid groups (broad SMARTS) is 2. The molecular formula is C15H16N2O6. The number of allylic oxidation sites excluding steroid dienone is 2. The number of benzene rings is 1. The van der Waals surface area contributed by atoms with Crippen LogP contribution in [0.2, 0.25) is 0 Å². The average molecular weight is 320 g/mol.